The number of piperazine rings is 1. The number of aryl methyl sites for hydroxylation is 1. The minimum absolute atomic E-state index is 0.0908. The summed E-state index contributed by atoms with van der Waals surface area (Å²) in [6.45, 7) is 11.8. The monoisotopic (exact) mass is 533 g/mol. The summed E-state index contributed by atoms with van der Waals surface area (Å²) in [7, 11) is 0. The molecule has 0 unspecified atom stereocenters. The predicted octanol–water partition coefficient (Wildman–Crippen LogP) is 4.89. The van der Waals surface area contributed by atoms with E-state index >= 15 is 0 Å². The fourth-order valence-corrected chi connectivity index (χ4v) is 4.96. The lowest BCUT2D eigenvalue weighted by Gasteiger charge is -2.38. The molecule has 0 aliphatic carbocycles. The zero-order chi connectivity index (χ0) is 27.3. The van der Waals surface area contributed by atoms with Gasteiger partial charge in [-0.15, -0.1) is 0 Å². The number of anilines is 4. The summed E-state index contributed by atoms with van der Waals surface area (Å²) in [6, 6.07) is 6.56. The molecule has 3 heterocycles. The van der Waals surface area contributed by atoms with Crippen molar-refractivity contribution in [3.63, 3.8) is 0 Å². The number of aromatic nitrogens is 2. The summed E-state index contributed by atoms with van der Waals surface area (Å²) in [6.07, 6.45) is -0.835. The van der Waals surface area contributed by atoms with Crippen LogP contribution in [0, 0.1) is 6.92 Å². The first kappa shape index (κ1) is 27.9. The minimum Gasteiger partial charge on any atom is -0.369 e. The Hall–Kier alpha value is -3.08. The maximum atomic E-state index is 13.6. The normalized spacial score (nSPS) is 17.3. The Morgan fingerprint density at radius 3 is 2.50 bits per heavy atom. The van der Waals surface area contributed by atoms with Gasteiger partial charge in [-0.25, -0.2) is 4.98 Å². The zero-order valence-electron chi connectivity index (χ0n) is 22.4. The molecule has 4 rings (SSSR count). The number of nitrogens with zero attached hydrogens (tertiary/aromatic N) is 5. The first-order valence-corrected chi connectivity index (χ1v) is 13.4. The standard InChI is InChI=1S/C27H38F3N7O/c1-19(2)35-13-15-36(16-14-35)21-8-9-23(20(3)17-21)33-26-32-18-22(27(28,29)30)25(34-26)31-10-6-12-37-11-5-4-7-24(37)38/h8-9,17-19H,4-7,10-16H2,1-3H3,(H2,31,32,33,34). The van der Waals surface area contributed by atoms with Gasteiger partial charge < -0.3 is 20.4 Å². The second-order valence-electron chi connectivity index (χ2n) is 10.3. The van der Waals surface area contributed by atoms with Gasteiger partial charge in [0.05, 0.1) is 0 Å². The van der Waals surface area contributed by atoms with Crippen LogP contribution in [-0.4, -0.2) is 77.5 Å². The Balaban J connectivity index is 1.40. The predicted molar refractivity (Wildman–Crippen MR) is 144 cm³/mol. The number of nitrogens with one attached hydrogen (secondary N) is 2. The minimum atomic E-state index is -4.58. The van der Waals surface area contributed by atoms with E-state index in [1.165, 1.54) is 0 Å². The van der Waals surface area contributed by atoms with Crippen molar-refractivity contribution >= 4 is 29.0 Å². The maximum Gasteiger partial charge on any atom is 0.421 e. The van der Waals surface area contributed by atoms with E-state index in [4.69, 9.17) is 0 Å². The van der Waals surface area contributed by atoms with Crippen LogP contribution in [0.5, 0.6) is 0 Å². The van der Waals surface area contributed by atoms with Gasteiger partial charge in [0.15, 0.2) is 0 Å². The van der Waals surface area contributed by atoms with Crippen LogP contribution in [0.1, 0.15) is 50.7 Å². The van der Waals surface area contributed by atoms with Crippen LogP contribution >= 0.6 is 0 Å². The Morgan fingerprint density at radius 1 is 1.08 bits per heavy atom. The van der Waals surface area contributed by atoms with E-state index in [9.17, 15) is 18.0 Å². The van der Waals surface area contributed by atoms with Crippen LogP contribution in [0.3, 0.4) is 0 Å². The fourth-order valence-electron chi connectivity index (χ4n) is 4.96. The molecule has 1 amide bonds. The van der Waals surface area contributed by atoms with E-state index in [2.05, 4.69) is 50.3 Å². The lowest BCUT2D eigenvalue weighted by atomic mass is 10.1. The van der Waals surface area contributed by atoms with Crippen LogP contribution in [0.4, 0.5) is 36.3 Å². The van der Waals surface area contributed by atoms with Crippen molar-refractivity contribution in [2.45, 2.75) is 58.7 Å². The summed E-state index contributed by atoms with van der Waals surface area (Å²) in [5.74, 6) is -0.0645. The van der Waals surface area contributed by atoms with Crippen molar-refractivity contribution in [3.8, 4) is 0 Å². The van der Waals surface area contributed by atoms with Gasteiger partial charge in [-0.3, -0.25) is 9.69 Å². The Bertz CT molecular complexity index is 1100. The largest absolute Gasteiger partial charge is 0.421 e. The molecule has 2 fully saturated rings. The molecule has 38 heavy (non-hydrogen) atoms. The van der Waals surface area contributed by atoms with Crippen molar-refractivity contribution in [1.82, 2.24) is 19.8 Å². The molecule has 0 atom stereocenters. The average molecular weight is 534 g/mol. The topological polar surface area (TPSA) is 76.6 Å². The molecule has 2 aliphatic rings. The molecule has 208 valence electrons. The molecule has 0 saturated carbocycles. The summed E-state index contributed by atoms with van der Waals surface area (Å²) in [5.41, 5.74) is 1.91. The van der Waals surface area contributed by atoms with Crippen LogP contribution in [0.2, 0.25) is 0 Å². The summed E-state index contributed by atoms with van der Waals surface area (Å²) in [5, 5.41) is 5.90. The highest BCUT2D eigenvalue weighted by atomic mass is 19.4. The number of carbonyl (C=O) groups is 1. The second kappa shape index (κ2) is 12.2. The number of likely N-dealkylation sites (tertiary alicyclic amines) is 1. The van der Waals surface area contributed by atoms with Gasteiger partial charge in [0.1, 0.15) is 11.4 Å². The Kier molecular flexibility index (Phi) is 8.96. The van der Waals surface area contributed by atoms with E-state index in [0.717, 1.165) is 62.2 Å². The van der Waals surface area contributed by atoms with Crippen molar-refractivity contribution in [2.24, 2.45) is 0 Å². The molecular formula is C27H38F3N7O. The third kappa shape index (κ3) is 7.06. The van der Waals surface area contributed by atoms with Crippen LogP contribution in [-0.2, 0) is 11.0 Å². The molecule has 0 spiro atoms. The number of hydrogen-bond acceptors (Lipinski definition) is 7. The van der Waals surface area contributed by atoms with Crippen molar-refractivity contribution in [2.75, 3.05) is 61.3 Å². The molecule has 11 heteroatoms. The number of rotatable bonds is 9. The highest BCUT2D eigenvalue weighted by Gasteiger charge is 2.35. The zero-order valence-corrected chi connectivity index (χ0v) is 22.4. The van der Waals surface area contributed by atoms with Crippen LogP contribution in [0.25, 0.3) is 0 Å². The van der Waals surface area contributed by atoms with Crippen molar-refractivity contribution < 1.29 is 18.0 Å². The average Bonchev–Trinajstić information content (AvgIpc) is 2.88. The molecule has 0 bridgehead atoms. The van der Waals surface area contributed by atoms with Crippen LogP contribution in [0.15, 0.2) is 24.4 Å². The number of halogens is 3. The van der Waals surface area contributed by atoms with E-state index < -0.39 is 11.7 Å². The van der Waals surface area contributed by atoms with Gasteiger partial charge in [-0.2, -0.15) is 18.2 Å². The molecular weight excluding hydrogens is 495 g/mol. The smallest absolute Gasteiger partial charge is 0.369 e. The lowest BCUT2D eigenvalue weighted by Crippen LogP contribution is -2.48. The number of benzene rings is 1. The fraction of sp³-hybridized carbons (Fsp3) is 0.593. The second-order valence-corrected chi connectivity index (χ2v) is 10.3. The molecule has 2 aromatic rings. The number of amides is 1. The summed E-state index contributed by atoms with van der Waals surface area (Å²) in [4.78, 5) is 26.6. The van der Waals surface area contributed by atoms with E-state index in [-0.39, 0.29) is 24.2 Å². The van der Waals surface area contributed by atoms with Crippen LogP contribution < -0.4 is 15.5 Å². The van der Waals surface area contributed by atoms with E-state index in [1.54, 1.807) is 4.90 Å². The van der Waals surface area contributed by atoms with E-state index in [0.29, 0.717) is 32.0 Å². The highest BCUT2D eigenvalue weighted by Crippen LogP contribution is 2.34. The number of piperidine rings is 1. The Morgan fingerprint density at radius 2 is 1.84 bits per heavy atom. The number of carbonyl (C=O) groups excluding carboxylic acids is 1. The lowest BCUT2D eigenvalue weighted by molar-refractivity contribution is -0.137. The van der Waals surface area contributed by atoms with Gasteiger partial charge in [-0.05, 0) is 63.8 Å². The quantitative estimate of drug-likeness (QED) is 0.445. The third-order valence-electron chi connectivity index (χ3n) is 7.28. The van der Waals surface area contributed by atoms with Gasteiger partial charge in [-0.1, -0.05) is 0 Å². The van der Waals surface area contributed by atoms with Crippen molar-refractivity contribution in [1.29, 1.82) is 0 Å². The van der Waals surface area contributed by atoms with Gasteiger partial charge in [0, 0.05) is 75.8 Å². The Labute approximate surface area is 222 Å². The molecule has 0 radical (unpaired) electrons. The molecule has 2 saturated heterocycles. The molecule has 1 aromatic heterocycles. The highest BCUT2D eigenvalue weighted by molar-refractivity contribution is 5.76. The molecule has 8 nitrogen and oxygen atoms in total. The maximum absolute atomic E-state index is 13.6. The first-order valence-electron chi connectivity index (χ1n) is 13.4. The van der Waals surface area contributed by atoms with Gasteiger partial charge in [0.2, 0.25) is 11.9 Å². The molecule has 1 aromatic carbocycles. The number of alkyl halides is 3. The molecule has 2 N–H and O–H groups in total. The summed E-state index contributed by atoms with van der Waals surface area (Å²) >= 11 is 0. The first-order chi connectivity index (χ1) is 18.1. The SMILES string of the molecule is Cc1cc(N2CCN(C(C)C)CC2)ccc1Nc1ncc(C(F)(F)F)c(NCCCN2CCCCC2=O)n1. The molecule has 2 aliphatic heterocycles. The third-order valence-corrected chi connectivity index (χ3v) is 7.28. The number of hydrogen-bond donors (Lipinski definition) is 2. The van der Waals surface area contributed by atoms with Gasteiger partial charge >= 0.3 is 6.18 Å². The van der Waals surface area contributed by atoms with Crippen molar-refractivity contribution in [3.05, 3.63) is 35.5 Å². The van der Waals surface area contributed by atoms with E-state index in [1.807, 2.05) is 19.1 Å². The van der Waals surface area contributed by atoms with Gasteiger partial charge in [0.25, 0.3) is 0 Å². The summed E-state index contributed by atoms with van der Waals surface area (Å²) < 4.78 is 40.8.